The molecule has 0 bridgehead atoms. The molecule has 1 rings (SSSR count). The molecule has 0 saturated carbocycles. The summed E-state index contributed by atoms with van der Waals surface area (Å²) in [5, 5.41) is 9.33. The van der Waals surface area contributed by atoms with Crippen molar-refractivity contribution in [3.8, 4) is 0 Å². The number of benzene rings is 1. The van der Waals surface area contributed by atoms with Crippen LogP contribution in [0.2, 0.25) is 0 Å². The Labute approximate surface area is 71.7 Å². The van der Waals surface area contributed by atoms with Crippen molar-refractivity contribution in [2.24, 2.45) is 5.90 Å². The minimum Gasteiger partial charge on any atom is -0.389 e. The van der Waals surface area contributed by atoms with Gasteiger partial charge in [0.05, 0.1) is 12.7 Å². The first-order valence-corrected chi connectivity index (χ1v) is 3.83. The second kappa shape index (κ2) is 4.21. The molecule has 0 aliphatic rings. The molecule has 0 heterocycles. The standard InChI is InChI=1S/C9H13NO2/c1-7(11)9-5-3-2-4-8(9)6-12-10/h2-5,7,11H,6,10H2,1H3. The summed E-state index contributed by atoms with van der Waals surface area (Å²) >= 11 is 0. The predicted molar refractivity (Wildman–Crippen MR) is 46.1 cm³/mol. The summed E-state index contributed by atoms with van der Waals surface area (Å²) < 4.78 is 0. The SMILES string of the molecule is CC(O)c1ccccc1CON. The molecule has 0 fully saturated rings. The average Bonchev–Trinajstić information content (AvgIpc) is 2.05. The van der Waals surface area contributed by atoms with E-state index in [0.717, 1.165) is 11.1 Å². The van der Waals surface area contributed by atoms with E-state index in [0.29, 0.717) is 6.61 Å². The number of nitrogens with two attached hydrogens (primary N) is 1. The fourth-order valence-electron chi connectivity index (χ4n) is 1.16. The number of aliphatic hydroxyl groups excluding tert-OH is 1. The second-order valence-corrected chi connectivity index (χ2v) is 2.69. The first-order chi connectivity index (χ1) is 5.75. The van der Waals surface area contributed by atoms with Gasteiger partial charge in [0.2, 0.25) is 0 Å². The number of hydrogen-bond acceptors (Lipinski definition) is 3. The first kappa shape index (κ1) is 9.19. The maximum Gasteiger partial charge on any atom is 0.0933 e. The van der Waals surface area contributed by atoms with Crippen LogP contribution in [0.4, 0.5) is 0 Å². The van der Waals surface area contributed by atoms with Gasteiger partial charge in [-0.3, -0.25) is 4.84 Å². The van der Waals surface area contributed by atoms with Crippen LogP contribution in [0.5, 0.6) is 0 Å². The van der Waals surface area contributed by atoms with Gasteiger partial charge >= 0.3 is 0 Å². The molecule has 3 nitrogen and oxygen atoms in total. The molecule has 66 valence electrons. The molecule has 1 unspecified atom stereocenters. The van der Waals surface area contributed by atoms with Gasteiger partial charge in [-0.2, -0.15) is 0 Å². The zero-order valence-corrected chi connectivity index (χ0v) is 7.03. The topological polar surface area (TPSA) is 55.5 Å². The van der Waals surface area contributed by atoms with Crippen molar-refractivity contribution in [1.82, 2.24) is 0 Å². The Morgan fingerprint density at radius 3 is 2.75 bits per heavy atom. The zero-order chi connectivity index (χ0) is 8.97. The molecule has 0 aromatic heterocycles. The van der Waals surface area contributed by atoms with Crippen LogP contribution in [0.15, 0.2) is 24.3 Å². The third-order valence-electron chi connectivity index (χ3n) is 1.74. The third kappa shape index (κ3) is 2.04. The molecule has 1 aromatic rings. The largest absolute Gasteiger partial charge is 0.389 e. The Morgan fingerprint density at radius 2 is 2.17 bits per heavy atom. The molecule has 0 saturated heterocycles. The lowest BCUT2D eigenvalue weighted by molar-refractivity contribution is 0.120. The molecule has 3 N–H and O–H groups in total. The number of aliphatic hydroxyl groups is 1. The van der Waals surface area contributed by atoms with Crippen molar-refractivity contribution in [2.45, 2.75) is 19.6 Å². The van der Waals surface area contributed by atoms with Crippen molar-refractivity contribution in [3.05, 3.63) is 35.4 Å². The molecule has 12 heavy (non-hydrogen) atoms. The Bertz CT molecular complexity index is 248. The van der Waals surface area contributed by atoms with Gasteiger partial charge < -0.3 is 5.11 Å². The van der Waals surface area contributed by atoms with Gasteiger partial charge in [-0.15, -0.1) is 0 Å². The second-order valence-electron chi connectivity index (χ2n) is 2.69. The van der Waals surface area contributed by atoms with Crippen molar-refractivity contribution < 1.29 is 9.94 Å². The van der Waals surface area contributed by atoms with E-state index in [1.807, 2.05) is 24.3 Å². The maximum absolute atomic E-state index is 9.33. The number of rotatable bonds is 3. The fourth-order valence-corrected chi connectivity index (χ4v) is 1.16. The average molecular weight is 167 g/mol. The van der Waals surface area contributed by atoms with Crippen LogP contribution < -0.4 is 5.90 Å². The van der Waals surface area contributed by atoms with Gasteiger partial charge in [-0.25, -0.2) is 5.90 Å². The normalized spacial score (nSPS) is 12.9. The van der Waals surface area contributed by atoms with E-state index in [1.54, 1.807) is 6.92 Å². The summed E-state index contributed by atoms with van der Waals surface area (Å²) in [5.41, 5.74) is 1.79. The molecule has 1 atom stereocenters. The lowest BCUT2D eigenvalue weighted by atomic mass is 10.0. The monoisotopic (exact) mass is 167 g/mol. The van der Waals surface area contributed by atoms with Gasteiger partial charge in [-0.05, 0) is 18.1 Å². The molecule has 0 amide bonds. The van der Waals surface area contributed by atoms with Crippen LogP contribution in [0, 0.1) is 0 Å². The Kier molecular flexibility index (Phi) is 3.22. The Morgan fingerprint density at radius 1 is 1.50 bits per heavy atom. The van der Waals surface area contributed by atoms with E-state index >= 15 is 0 Å². The van der Waals surface area contributed by atoms with Gasteiger partial charge in [-0.1, -0.05) is 24.3 Å². The van der Waals surface area contributed by atoms with Gasteiger partial charge in [0.15, 0.2) is 0 Å². The lowest BCUT2D eigenvalue weighted by Crippen LogP contribution is -2.03. The molecule has 1 aromatic carbocycles. The molecular weight excluding hydrogens is 154 g/mol. The van der Waals surface area contributed by atoms with Crippen LogP contribution in [0.3, 0.4) is 0 Å². The number of hydrogen-bond donors (Lipinski definition) is 2. The smallest absolute Gasteiger partial charge is 0.0933 e. The van der Waals surface area contributed by atoms with Gasteiger partial charge in [0, 0.05) is 0 Å². The third-order valence-corrected chi connectivity index (χ3v) is 1.74. The van der Waals surface area contributed by atoms with Gasteiger partial charge in [0.25, 0.3) is 0 Å². The molecule has 3 heteroatoms. The van der Waals surface area contributed by atoms with E-state index in [9.17, 15) is 5.11 Å². The quantitative estimate of drug-likeness (QED) is 0.663. The molecule has 0 spiro atoms. The van der Waals surface area contributed by atoms with Crippen molar-refractivity contribution in [3.63, 3.8) is 0 Å². The highest BCUT2D eigenvalue weighted by atomic mass is 16.6. The van der Waals surface area contributed by atoms with E-state index in [-0.39, 0.29) is 0 Å². The summed E-state index contributed by atoms with van der Waals surface area (Å²) in [6.07, 6.45) is -0.476. The minimum atomic E-state index is -0.476. The Balaban J connectivity index is 2.92. The maximum atomic E-state index is 9.33. The summed E-state index contributed by atoms with van der Waals surface area (Å²) in [4.78, 5) is 4.51. The summed E-state index contributed by atoms with van der Waals surface area (Å²) in [7, 11) is 0. The molecule has 0 aliphatic carbocycles. The highest BCUT2D eigenvalue weighted by Crippen LogP contribution is 2.17. The minimum absolute atomic E-state index is 0.334. The van der Waals surface area contributed by atoms with Crippen molar-refractivity contribution >= 4 is 0 Å². The van der Waals surface area contributed by atoms with E-state index < -0.39 is 6.10 Å². The zero-order valence-electron chi connectivity index (χ0n) is 7.03. The van der Waals surface area contributed by atoms with E-state index in [4.69, 9.17) is 5.90 Å². The summed E-state index contributed by atoms with van der Waals surface area (Å²) in [5.74, 6) is 4.95. The van der Waals surface area contributed by atoms with Gasteiger partial charge in [0.1, 0.15) is 0 Å². The van der Waals surface area contributed by atoms with E-state index in [2.05, 4.69) is 4.84 Å². The Hall–Kier alpha value is -0.900. The molecule has 0 radical (unpaired) electrons. The first-order valence-electron chi connectivity index (χ1n) is 3.83. The van der Waals surface area contributed by atoms with Crippen LogP contribution in [-0.2, 0) is 11.4 Å². The van der Waals surface area contributed by atoms with Crippen molar-refractivity contribution in [1.29, 1.82) is 0 Å². The van der Waals surface area contributed by atoms with Crippen LogP contribution in [-0.4, -0.2) is 5.11 Å². The highest BCUT2D eigenvalue weighted by Gasteiger charge is 2.05. The van der Waals surface area contributed by atoms with Crippen LogP contribution >= 0.6 is 0 Å². The molecule has 0 aliphatic heterocycles. The van der Waals surface area contributed by atoms with Crippen molar-refractivity contribution in [2.75, 3.05) is 0 Å². The predicted octanol–water partition coefficient (Wildman–Crippen LogP) is 1.13. The highest BCUT2D eigenvalue weighted by molar-refractivity contribution is 5.27. The van der Waals surface area contributed by atoms with Crippen LogP contribution in [0.25, 0.3) is 0 Å². The summed E-state index contributed by atoms with van der Waals surface area (Å²) in [6.45, 7) is 2.05. The van der Waals surface area contributed by atoms with Crippen LogP contribution in [0.1, 0.15) is 24.2 Å². The fraction of sp³-hybridized carbons (Fsp3) is 0.333. The lowest BCUT2D eigenvalue weighted by Gasteiger charge is -2.09. The van der Waals surface area contributed by atoms with E-state index in [1.165, 1.54) is 0 Å². The summed E-state index contributed by atoms with van der Waals surface area (Å²) in [6, 6.07) is 7.51. The molecular formula is C9H13NO2.